The van der Waals surface area contributed by atoms with Gasteiger partial charge in [-0.1, -0.05) is 12.1 Å². The van der Waals surface area contributed by atoms with E-state index in [1.807, 2.05) is 18.2 Å². The molecule has 1 aromatic carbocycles. The second-order valence-corrected chi connectivity index (χ2v) is 11.1. The number of hydrogen-bond acceptors (Lipinski definition) is 8. The van der Waals surface area contributed by atoms with Gasteiger partial charge in [-0.2, -0.15) is 0 Å². The van der Waals surface area contributed by atoms with Crippen LogP contribution >= 0.6 is 0 Å². The van der Waals surface area contributed by atoms with E-state index in [1.165, 1.54) is 13.2 Å². The first kappa shape index (κ1) is 30.5. The molecule has 2 fully saturated rings. The molecule has 1 aliphatic carbocycles. The predicted molar refractivity (Wildman–Crippen MR) is 149 cm³/mol. The zero-order valence-electron chi connectivity index (χ0n) is 24.0. The number of methoxy groups -OCH3 is 2. The van der Waals surface area contributed by atoms with Gasteiger partial charge < -0.3 is 25.2 Å². The highest BCUT2D eigenvalue weighted by atomic mass is 19.2. The smallest absolute Gasteiger partial charge is 0.338 e. The summed E-state index contributed by atoms with van der Waals surface area (Å²) in [7, 11) is 2.50. The second kappa shape index (κ2) is 12.7. The number of carbonyl (C=O) groups is 3. The molecule has 3 N–H and O–H groups in total. The van der Waals surface area contributed by atoms with E-state index in [2.05, 4.69) is 20.5 Å². The van der Waals surface area contributed by atoms with E-state index < -0.39 is 41.3 Å². The molecule has 2 aliphatic heterocycles. The Morgan fingerprint density at radius 3 is 2.56 bits per heavy atom. The number of carbonyl (C=O) groups excluding carboxylic acids is 3. The molecule has 0 radical (unpaired) electrons. The lowest BCUT2D eigenvalue weighted by Gasteiger charge is -2.39. The van der Waals surface area contributed by atoms with Crippen molar-refractivity contribution in [2.45, 2.75) is 55.8 Å². The van der Waals surface area contributed by atoms with Gasteiger partial charge in [-0.05, 0) is 61.9 Å². The molecule has 0 spiro atoms. The molecule has 1 saturated carbocycles. The van der Waals surface area contributed by atoms with Crippen LogP contribution in [-0.2, 0) is 19.9 Å². The summed E-state index contributed by atoms with van der Waals surface area (Å²) in [5.41, 5.74) is -0.374. The Labute approximate surface area is 247 Å². The number of aliphatic hydroxyl groups is 1. The molecule has 11 nitrogen and oxygen atoms in total. The average molecular weight is 600 g/mol. The van der Waals surface area contributed by atoms with Crippen LogP contribution in [0.15, 0.2) is 53.9 Å². The topological polar surface area (TPSA) is 133 Å². The van der Waals surface area contributed by atoms with E-state index >= 15 is 0 Å². The highest BCUT2D eigenvalue weighted by Crippen LogP contribution is 2.39. The normalized spacial score (nSPS) is 26.3. The number of ether oxygens (including phenoxy) is 2. The molecule has 43 heavy (non-hydrogen) atoms. The quantitative estimate of drug-likeness (QED) is 0.414. The van der Waals surface area contributed by atoms with Gasteiger partial charge in [0.05, 0.1) is 30.7 Å². The number of pyridine rings is 1. The van der Waals surface area contributed by atoms with Gasteiger partial charge in [-0.25, -0.2) is 28.1 Å². The third-order valence-corrected chi connectivity index (χ3v) is 8.49. The summed E-state index contributed by atoms with van der Waals surface area (Å²) in [6, 6.07) is 5.28. The zero-order chi connectivity index (χ0) is 30.7. The molecule has 2 atom stereocenters. The molecule has 1 saturated heterocycles. The summed E-state index contributed by atoms with van der Waals surface area (Å²) in [4.78, 5) is 47.3. The zero-order valence-corrected chi connectivity index (χ0v) is 24.0. The summed E-state index contributed by atoms with van der Waals surface area (Å²) >= 11 is 0. The molecule has 3 aliphatic rings. The van der Waals surface area contributed by atoms with Crippen LogP contribution in [0.5, 0.6) is 0 Å². The van der Waals surface area contributed by atoms with Gasteiger partial charge in [0.25, 0.3) is 0 Å². The lowest BCUT2D eigenvalue weighted by atomic mass is 9.79. The summed E-state index contributed by atoms with van der Waals surface area (Å²) < 4.78 is 38.2. The average Bonchev–Trinajstić information content (AvgIpc) is 3.47. The van der Waals surface area contributed by atoms with E-state index in [0.717, 1.165) is 37.0 Å². The Morgan fingerprint density at radius 1 is 1.14 bits per heavy atom. The number of benzene rings is 1. The fourth-order valence-corrected chi connectivity index (χ4v) is 6.30. The molecule has 3 heterocycles. The Bertz CT molecular complexity index is 1400. The molecule has 0 bridgehead atoms. The number of rotatable bonds is 7. The molecule has 2 aromatic rings. The minimum atomic E-state index is -1.40. The third-order valence-electron chi connectivity index (χ3n) is 8.49. The van der Waals surface area contributed by atoms with Gasteiger partial charge in [0.2, 0.25) is 0 Å². The van der Waals surface area contributed by atoms with Crippen LogP contribution in [0, 0.1) is 11.6 Å². The van der Waals surface area contributed by atoms with Crippen molar-refractivity contribution in [2.75, 3.05) is 33.9 Å². The number of likely N-dealkylation sites (tertiary alicyclic amines) is 1. The SMILES string of the molecule is COCC1=C(C(=O)OC)[C@H](c2ccc(F)c(F)c2)N(C(=O)N[C@@H]2CCN([C@H]3CC[C@](O)(c4ccccn4)CC3)C2)C(=O)N1. The molecule has 1 aromatic heterocycles. The maximum atomic E-state index is 14.3. The highest BCUT2D eigenvalue weighted by Gasteiger charge is 2.45. The number of nitrogens with one attached hydrogen (secondary N) is 2. The lowest BCUT2D eigenvalue weighted by Crippen LogP contribution is -2.57. The van der Waals surface area contributed by atoms with Crippen LogP contribution in [0.4, 0.5) is 18.4 Å². The van der Waals surface area contributed by atoms with Crippen LogP contribution in [0.2, 0.25) is 0 Å². The van der Waals surface area contributed by atoms with Crippen LogP contribution in [0.3, 0.4) is 0 Å². The van der Waals surface area contributed by atoms with Crippen LogP contribution in [-0.4, -0.2) is 83.9 Å². The number of nitrogens with zero attached hydrogens (tertiary/aromatic N) is 3. The van der Waals surface area contributed by atoms with Crippen LogP contribution < -0.4 is 10.6 Å². The maximum Gasteiger partial charge on any atom is 0.338 e. The fraction of sp³-hybridized carbons (Fsp3) is 0.467. The lowest BCUT2D eigenvalue weighted by molar-refractivity contribution is -0.137. The number of imide groups is 1. The Morgan fingerprint density at radius 2 is 1.91 bits per heavy atom. The van der Waals surface area contributed by atoms with E-state index in [1.54, 1.807) is 6.20 Å². The van der Waals surface area contributed by atoms with Crippen molar-refractivity contribution in [3.05, 3.63) is 76.8 Å². The fourth-order valence-electron chi connectivity index (χ4n) is 6.30. The van der Waals surface area contributed by atoms with Gasteiger partial charge in [0, 0.05) is 38.5 Å². The van der Waals surface area contributed by atoms with Crippen molar-refractivity contribution in [1.29, 1.82) is 0 Å². The number of amides is 4. The molecule has 13 heteroatoms. The minimum Gasteiger partial charge on any atom is -0.466 e. The first-order valence-electron chi connectivity index (χ1n) is 14.2. The van der Waals surface area contributed by atoms with Crippen LogP contribution in [0.25, 0.3) is 0 Å². The van der Waals surface area contributed by atoms with E-state index in [0.29, 0.717) is 38.0 Å². The molecular weight excluding hydrogens is 564 g/mol. The van der Waals surface area contributed by atoms with Gasteiger partial charge in [0.1, 0.15) is 11.6 Å². The van der Waals surface area contributed by atoms with Crippen molar-refractivity contribution in [3.8, 4) is 0 Å². The number of esters is 1. The number of aromatic nitrogens is 1. The molecule has 0 unspecified atom stereocenters. The second-order valence-electron chi connectivity index (χ2n) is 11.1. The van der Waals surface area contributed by atoms with Crippen molar-refractivity contribution in [2.24, 2.45) is 0 Å². The van der Waals surface area contributed by atoms with E-state index in [-0.39, 0.29) is 35.5 Å². The van der Waals surface area contributed by atoms with Crippen LogP contribution in [0.1, 0.15) is 49.4 Å². The van der Waals surface area contributed by atoms with Crippen molar-refractivity contribution in [3.63, 3.8) is 0 Å². The van der Waals surface area contributed by atoms with E-state index in [9.17, 15) is 28.3 Å². The summed E-state index contributed by atoms with van der Waals surface area (Å²) in [6.07, 6.45) is 4.95. The monoisotopic (exact) mass is 599 g/mol. The Balaban J connectivity index is 1.32. The third kappa shape index (κ3) is 6.24. The summed E-state index contributed by atoms with van der Waals surface area (Å²) in [5, 5.41) is 16.6. The molecule has 230 valence electrons. The number of halogens is 2. The van der Waals surface area contributed by atoms with Crippen molar-refractivity contribution >= 4 is 18.0 Å². The van der Waals surface area contributed by atoms with Gasteiger partial charge in [-0.3, -0.25) is 9.88 Å². The van der Waals surface area contributed by atoms with Gasteiger partial charge in [-0.15, -0.1) is 0 Å². The minimum absolute atomic E-state index is 0.00792. The van der Waals surface area contributed by atoms with Gasteiger partial charge >= 0.3 is 18.0 Å². The van der Waals surface area contributed by atoms with Crippen molar-refractivity contribution in [1.82, 2.24) is 25.4 Å². The molecular formula is C30H35F2N5O6. The standard InChI is InChI=1S/C30H35F2N5O6/c1-42-17-23-25(27(38)43-2)26(18-6-7-21(31)22(32)15-18)37(29(40)35-23)28(39)34-19-10-14-36(16-19)20-8-11-30(41,12-9-20)24-5-3-4-13-33-24/h3-7,13,15,19-20,26,41H,8-12,14,16-17H2,1-2H3,(H,34,39)(H,35,40)/t19-,20-,26+,30+/m1/s1. The first-order valence-corrected chi connectivity index (χ1v) is 14.2. The molecule has 5 rings (SSSR count). The number of hydrogen-bond donors (Lipinski definition) is 3. The highest BCUT2D eigenvalue weighted by molar-refractivity contribution is 6.01. The Hall–Kier alpha value is -3.94. The number of urea groups is 2. The Kier molecular flexibility index (Phi) is 9.04. The van der Waals surface area contributed by atoms with Gasteiger partial charge in [0.15, 0.2) is 11.6 Å². The predicted octanol–water partition coefficient (Wildman–Crippen LogP) is 3.11. The maximum absolute atomic E-state index is 14.3. The first-order chi connectivity index (χ1) is 20.6. The molecule has 4 amide bonds. The largest absolute Gasteiger partial charge is 0.466 e. The van der Waals surface area contributed by atoms with E-state index in [4.69, 9.17) is 9.47 Å². The van der Waals surface area contributed by atoms with Crippen molar-refractivity contribution < 1.29 is 37.7 Å². The summed E-state index contributed by atoms with van der Waals surface area (Å²) in [6.45, 7) is 1.04. The summed E-state index contributed by atoms with van der Waals surface area (Å²) in [5.74, 6) is -3.18.